The van der Waals surface area contributed by atoms with Crippen molar-refractivity contribution in [2.45, 2.75) is 24.8 Å². The number of benzene rings is 1. The molecule has 1 aliphatic rings. The Morgan fingerprint density at radius 1 is 1.30 bits per heavy atom. The Hall–Kier alpha value is -2.63. The molecule has 9 heteroatoms. The number of hydrogen-bond acceptors (Lipinski definition) is 3. The molecule has 1 saturated heterocycles. The van der Waals surface area contributed by atoms with Gasteiger partial charge in [0.05, 0.1) is 11.6 Å². The Labute approximate surface area is 128 Å². The Morgan fingerprint density at radius 2 is 1.87 bits per heavy atom. The van der Waals surface area contributed by atoms with Gasteiger partial charge in [-0.25, -0.2) is 13.6 Å². The average Bonchev–Trinajstić information content (AvgIpc) is 2.71. The van der Waals surface area contributed by atoms with Crippen molar-refractivity contribution in [3.63, 3.8) is 0 Å². The second-order valence-electron chi connectivity index (χ2n) is 5.20. The summed E-state index contributed by atoms with van der Waals surface area (Å²) in [5.74, 6) is -5.56. The van der Waals surface area contributed by atoms with Crippen LogP contribution in [0.1, 0.15) is 18.1 Å². The lowest BCUT2D eigenvalue weighted by atomic mass is 9.91. The van der Waals surface area contributed by atoms with Crippen molar-refractivity contribution in [2.24, 2.45) is 0 Å². The molecular formula is C14H11F4N3O2. The van der Waals surface area contributed by atoms with Gasteiger partial charge < -0.3 is 5.32 Å². The number of rotatable bonds is 4. The third-order valence-corrected chi connectivity index (χ3v) is 3.55. The minimum atomic E-state index is -4.50. The zero-order chi connectivity index (χ0) is 17.4. The summed E-state index contributed by atoms with van der Waals surface area (Å²) in [6.07, 6.45) is -4.00. The number of carbonyl (C=O) groups excluding carboxylic acids is 2. The van der Waals surface area contributed by atoms with Crippen molar-refractivity contribution < 1.29 is 27.2 Å². The highest BCUT2D eigenvalue weighted by Gasteiger charge is 2.54. The van der Waals surface area contributed by atoms with Crippen molar-refractivity contribution in [3.05, 3.63) is 35.4 Å². The number of carbonyl (C=O) groups is 2. The van der Waals surface area contributed by atoms with E-state index >= 15 is 0 Å². The van der Waals surface area contributed by atoms with Crippen molar-refractivity contribution in [1.82, 2.24) is 10.2 Å². The van der Waals surface area contributed by atoms with Gasteiger partial charge in [-0.3, -0.25) is 9.69 Å². The molecule has 1 aromatic carbocycles. The van der Waals surface area contributed by atoms with Crippen molar-refractivity contribution in [1.29, 1.82) is 5.26 Å². The van der Waals surface area contributed by atoms with Crippen LogP contribution in [0.4, 0.5) is 22.4 Å². The average molecular weight is 329 g/mol. The van der Waals surface area contributed by atoms with E-state index in [1.807, 2.05) is 6.07 Å². The number of nitrogens with zero attached hydrogens (tertiary/aromatic N) is 2. The highest BCUT2D eigenvalue weighted by atomic mass is 19.3. The van der Waals surface area contributed by atoms with E-state index < -0.39 is 36.4 Å². The molecule has 23 heavy (non-hydrogen) atoms. The third-order valence-electron chi connectivity index (χ3n) is 3.55. The molecule has 1 fully saturated rings. The van der Waals surface area contributed by atoms with Gasteiger partial charge >= 0.3 is 18.4 Å². The molecule has 1 aromatic rings. The Kier molecular flexibility index (Phi) is 4.03. The van der Waals surface area contributed by atoms with Gasteiger partial charge in [-0.2, -0.15) is 14.0 Å². The fourth-order valence-electron chi connectivity index (χ4n) is 2.19. The van der Waals surface area contributed by atoms with Gasteiger partial charge in [0.15, 0.2) is 0 Å². The maximum absolute atomic E-state index is 13.1. The first-order valence-electron chi connectivity index (χ1n) is 6.42. The predicted molar refractivity (Wildman–Crippen MR) is 69.7 cm³/mol. The molecule has 1 atom stereocenters. The second kappa shape index (κ2) is 5.53. The SMILES string of the molecule is C[C@]1(c2ccc(C#N)cc2)NC(=O)N(CC(F)(F)C(F)F)C1=O. The van der Waals surface area contributed by atoms with E-state index in [1.165, 1.54) is 31.2 Å². The number of nitrogens with one attached hydrogen (secondary N) is 1. The number of hydrogen-bond donors (Lipinski definition) is 1. The topological polar surface area (TPSA) is 73.2 Å². The summed E-state index contributed by atoms with van der Waals surface area (Å²) in [7, 11) is 0. The summed E-state index contributed by atoms with van der Waals surface area (Å²) in [5, 5.41) is 10.9. The number of nitriles is 1. The molecule has 0 aromatic heterocycles. The predicted octanol–water partition coefficient (Wildman–Crippen LogP) is 2.23. The maximum atomic E-state index is 13.1. The van der Waals surface area contributed by atoms with E-state index in [2.05, 4.69) is 5.32 Å². The molecule has 1 heterocycles. The van der Waals surface area contributed by atoms with Gasteiger partial charge in [0.2, 0.25) is 0 Å². The summed E-state index contributed by atoms with van der Waals surface area (Å²) in [4.78, 5) is 24.1. The van der Waals surface area contributed by atoms with Gasteiger partial charge in [0.25, 0.3) is 5.91 Å². The summed E-state index contributed by atoms with van der Waals surface area (Å²) in [6, 6.07) is 6.22. The first kappa shape index (κ1) is 16.7. The molecule has 0 aliphatic carbocycles. The van der Waals surface area contributed by atoms with E-state index in [0.717, 1.165) is 0 Å². The van der Waals surface area contributed by atoms with Crippen LogP contribution in [-0.4, -0.2) is 35.7 Å². The fourth-order valence-corrected chi connectivity index (χ4v) is 2.19. The molecule has 0 unspecified atom stereocenters. The van der Waals surface area contributed by atoms with Gasteiger partial charge in [-0.15, -0.1) is 0 Å². The van der Waals surface area contributed by atoms with Gasteiger partial charge in [-0.05, 0) is 24.6 Å². The molecule has 0 radical (unpaired) electrons. The van der Waals surface area contributed by atoms with Crippen LogP contribution < -0.4 is 5.32 Å². The summed E-state index contributed by atoms with van der Waals surface area (Å²) in [6.45, 7) is -0.434. The Balaban J connectivity index is 2.31. The lowest BCUT2D eigenvalue weighted by Crippen LogP contribution is -2.46. The number of alkyl halides is 4. The zero-order valence-electron chi connectivity index (χ0n) is 11.8. The Bertz CT molecular complexity index is 684. The monoisotopic (exact) mass is 329 g/mol. The summed E-state index contributed by atoms with van der Waals surface area (Å²) in [5.41, 5.74) is -1.11. The van der Waals surface area contributed by atoms with Crippen LogP contribution in [0.2, 0.25) is 0 Å². The molecule has 0 bridgehead atoms. The van der Waals surface area contributed by atoms with Gasteiger partial charge in [-0.1, -0.05) is 12.1 Å². The number of halogens is 4. The fraction of sp³-hybridized carbons (Fsp3) is 0.357. The molecule has 1 aliphatic heterocycles. The van der Waals surface area contributed by atoms with Gasteiger partial charge in [0.1, 0.15) is 12.1 Å². The smallest absolute Gasteiger partial charge is 0.319 e. The van der Waals surface area contributed by atoms with Crippen molar-refractivity contribution in [3.8, 4) is 6.07 Å². The lowest BCUT2D eigenvalue weighted by molar-refractivity contribution is -0.151. The molecule has 3 amide bonds. The van der Waals surface area contributed by atoms with E-state index in [4.69, 9.17) is 5.26 Å². The molecule has 122 valence electrons. The minimum absolute atomic E-state index is 0.0738. The van der Waals surface area contributed by atoms with E-state index in [0.29, 0.717) is 5.56 Å². The normalized spacial score (nSPS) is 21.5. The van der Waals surface area contributed by atoms with Crippen LogP contribution in [0.3, 0.4) is 0 Å². The summed E-state index contributed by atoms with van der Waals surface area (Å²) < 4.78 is 50.8. The first-order valence-corrected chi connectivity index (χ1v) is 6.42. The van der Waals surface area contributed by atoms with E-state index in [-0.39, 0.29) is 10.5 Å². The van der Waals surface area contributed by atoms with Crippen LogP contribution in [0.25, 0.3) is 0 Å². The molecule has 5 nitrogen and oxygen atoms in total. The summed E-state index contributed by atoms with van der Waals surface area (Å²) >= 11 is 0. The third kappa shape index (κ3) is 2.84. The largest absolute Gasteiger partial charge is 0.325 e. The van der Waals surface area contributed by atoms with Crippen LogP contribution in [0, 0.1) is 11.3 Å². The standard InChI is InChI=1S/C14H11F4N3O2/c1-13(9-4-2-8(6-19)3-5-9)11(22)21(12(23)20-13)7-14(17,18)10(15)16/h2-5,10H,7H2,1H3,(H,20,23)/t13-/m1/s1. The van der Waals surface area contributed by atoms with E-state index in [9.17, 15) is 27.2 Å². The van der Waals surface area contributed by atoms with Crippen LogP contribution in [0.5, 0.6) is 0 Å². The number of imide groups is 1. The molecule has 2 rings (SSSR count). The minimum Gasteiger partial charge on any atom is -0.319 e. The lowest BCUT2D eigenvalue weighted by Gasteiger charge is -2.24. The second-order valence-corrected chi connectivity index (χ2v) is 5.20. The Morgan fingerprint density at radius 3 is 2.35 bits per heavy atom. The quantitative estimate of drug-likeness (QED) is 0.680. The molecule has 0 spiro atoms. The maximum Gasteiger partial charge on any atom is 0.325 e. The zero-order valence-corrected chi connectivity index (χ0v) is 11.8. The highest BCUT2D eigenvalue weighted by molar-refractivity contribution is 6.07. The van der Waals surface area contributed by atoms with E-state index in [1.54, 1.807) is 0 Å². The highest BCUT2D eigenvalue weighted by Crippen LogP contribution is 2.32. The molecular weight excluding hydrogens is 318 g/mol. The van der Waals surface area contributed by atoms with Crippen LogP contribution >= 0.6 is 0 Å². The van der Waals surface area contributed by atoms with Gasteiger partial charge in [0, 0.05) is 0 Å². The number of urea groups is 1. The molecule has 1 N–H and O–H groups in total. The first-order chi connectivity index (χ1) is 10.6. The molecule has 0 saturated carbocycles. The van der Waals surface area contributed by atoms with Crippen LogP contribution in [0.15, 0.2) is 24.3 Å². The van der Waals surface area contributed by atoms with Crippen LogP contribution in [-0.2, 0) is 10.3 Å². The van der Waals surface area contributed by atoms with Crippen molar-refractivity contribution >= 4 is 11.9 Å². The number of amides is 3. The van der Waals surface area contributed by atoms with Crippen molar-refractivity contribution in [2.75, 3.05) is 6.54 Å².